The first-order chi connectivity index (χ1) is 23.9. The number of carbonyl (C=O) groups excluding carboxylic acids is 3. The maximum Gasteiger partial charge on any atom is 0.410 e. The van der Waals surface area contributed by atoms with E-state index in [2.05, 4.69) is 6.07 Å². The topological polar surface area (TPSA) is 133 Å². The molecule has 1 unspecified atom stereocenters. The molecule has 10 heteroatoms. The van der Waals surface area contributed by atoms with Crippen LogP contribution in [0.4, 0.5) is 4.79 Å². The van der Waals surface area contributed by atoms with Crippen molar-refractivity contribution in [2.45, 2.75) is 91.6 Å². The molecule has 274 valence electrons. The minimum atomic E-state index is -1.07. The van der Waals surface area contributed by atoms with Gasteiger partial charge in [-0.15, -0.1) is 0 Å². The van der Waals surface area contributed by atoms with E-state index in [0.29, 0.717) is 31.5 Å². The third-order valence-corrected chi connectivity index (χ3v) is 9.68. The SMILES string of the molecule is C[C@@H](C(N)[C@@H](C(=O)N1Cc2ccccc2C[C@H]1CN(CCc1ccccc1)C(=O)c1ccc(C(=O)O)cc1)C(C)(C)C)N(C)C(=O)OC(C)(C)C. The number of benzene rings is 3. The van der Waals surface area contributed by atoms with Crippen molar-refractivity contribution in [3.05, 3.63) is 107 Å². The van der Waals surface area contributed by atoms with E-state index in [1.54, 1.807) is 32.7 Å². The molecular weight excluding hydrogens is 644 g/mol. The summed E-state index contributed by atoms with van der Waals surface area (Å²) in [5, 5.41) is 9.42. The molecule has 51 heavy (non-hydrogen) atoms. The van der Waals surface area contributed by atoms with Crippen LogP contribution in [0, 0.1) is 11.3 Å². The van der Waals surface area contributed by atoms with Crippen LogP contribution in [0.3, 0.4) is 0 Å². The number of amides is 3. The van der Waals surface area contributed by atoms with E-state index in [1.807, 2.05) is 81.1 Å². The highest BCUT2D eigenvalue weighted by molar-refractivity contribution is 5.96. The number of carbonyl (C=O) groups is 4. The largest absolute Gasteiger partial charge is 0.478 e. The maximum atomic E-state index is 15.0. The van der Waals surface area contributed by atoms with Crippen LogP contribution in [0.1, 0.15) is 85.9 Å². The Bertz CT molecular complexity index is 1680. The van der Waals surface area contributed by atoms with Crippen LogP contribution < -0.4 is 5.73 Å². The number of nitrogens with zero attached hydrogens (tertiary/aromatic N) is 3. The quantitative estimate of drug-likeness (QED) is 0.241. The molecule has 1 heterocycles. The second kappa shape index (κ2) is 16.1. The second-order valence-electron chi connectivity index (χ2n) is 15.7. The van der Waals surface area contributed by atoms with E-state index in [4.69, 9.17) is 10.5 Å². The summed E-state index contributed by atoms with van der Waals surface area (Å²) in [5.74, 6) is -2.13. The van der Waals surface area contributed by atoms with Gasteiger partial charge >= 0.3 is 12.1 Å². The molecule has 0 bridgehead atoms. The number of likely N-dealkylation sites (N-methyl/N-ethyl adjacent to an activating group) is 1. The molecule has 0 spiro atoms. The number of aromatic carboxylic acids is 1. The van der Waals surface area contributed by atoms with Crippen LogP contribution in [0.2, 0.25) is 0 Å². The Hall–Kier alpha value is -4.70. The number of hydrogen-bond donors (Lipinski definition) is 2. The summed E-state index contributed by atoms with van der Waals surface area (Å²) in [7, 11) is 1.64. The fraction of sp³-hybridized carbons (Fsp3) is 0.463. The fourth-order valence-corrected chi connectivity index (χ4v) is 6.71. The molecule has 0 fully saturated rings. The lowest BCUT2D eigenvalue weighted by molar-refractivity contribution is -0.145. The third-order valence-electron chi connectivity index (χ3n) is 9.68. The zero-order chi connectivity index (χ0) is 37.7. The van der Waals surface area contributed by atoms with E-state index in [0.717, 1.165) is 16.7 Å². The average molecular weight is 699 g/mol. The number of hydrogen-bond acceptors (Lipinski definition) is 6. The lowest BCUT2D eigenvalue weighted by Crippen LogP contribution is -2.61. The summed E-state index contributed by atoms with van der Waals surface area (Å²) in [4.78, 5) is 58.8. The highest BCUT2D eigenvalue weighted by atomic mass is 16.6. The number of carboxylic acids is 1. The molecule has 4 rings (SSSR count). The summed E-state index contributed by atoms with van der Waals surface area (Å²) in [6.07, 6.45) is 0.620. The maximum absolute atomic E-state index is 15.0. The van der Waals surface area contributed by atoms with Gasteiger partial charge in [-0.2, -0.15) is 0 Å². The summed E-state index contributed by atoms with van der Waals surface area (Å²) < 4.78 is 5.61. The summed E-state index contributed by atoms with van der Waals surface area (Å²) >= 11 is 0. The van der Waals surface area contributed by atoms with Gasteiger partial charge in [0, 0.05) is 44.3 Å². The van der Waals surface area contributed by atoms with Gasteiger partial charge in [-0.3, -0.25) is 9.59 Å². The van der Waals surface area contributed by atoms with Crippen molar-refractivity contribution in [1.29, 1.82) is 0 Å². The van der Waals surface area contributed by atoms with Crippen molar-refractivity contribution in [2.24, 2.45) is 17.1 Å². The van der Waals surface area contributed by atoms with Crippen LogP contribution in [0.5, 0.6) is 0 Å². The van der Waals surface area contributed by atoms with Gasteiger partial charge in [-0.1, -0.05) is 75.4 Å². The Kier molecular flexibility index (Phi) is 12.3. The summed E-state index contributed by atoms with van der Waals surface area (Å²) in [6, 6.07) is 22.3. The second-order valence-corrected chi connectivity index (χ2v) is 15.7. The fourth-order valence-electron chi connectivity index (χ4n) is 6.71. The average Bonchev–Trinajstić information content (AvgIpc) is 3.07. The molecule has 10 nitrogen and oxygen atoms in total. The molecule has 3 aromatic rings. The van der Waals surface area contributed by atoms with Gasteiger partial charge in [-0.05, 0) is 86.9 Å². The van der Waals surface area contributed by atoms with E-state index in [-0.39, 0.29) is 30.0 Å². The highest BCUT2D eigenvalue weighted by Crippen LogP contribution is 2.35. The van der Waals surface area contributed by atoms with E-state index in [9.17, 15) is 24.3 Å². The molecule has 3 aromatic carbocycles. The zero-order valence-corrected chi connectivity index (χ0v) is 31.3. The van der Waals surface area contributed by atoms with E-state index in [1.165, 1.54) is 29.2 Å². The standard InChI is InChI=1S/C41H54N4O6/c1-27(43(8)39(50)51-41(5,6)7)35(42)34(40(2,3)4)37(47)45-25-32-17-13-12-16-31(32)24-33(45)26-44(23-22-28-14-10-9-11-15-28)36(46)29-18-20-30(21-19-29)38(48)49/h9-21,27,33-35H,22-26,42H2,1-8H3,(H,48,49)/t27-,33-,34-,35?/m0/s1. The Morgan fingerprint density at radius 2 is 1.45 bits per heavy atom. The predicted octanol–water partition coefficient (Wildman–Crippen LogP) is 6.27. The van der Waals surface area contributed by atoms with Gasteiger partial charge in [0.25, 0.3) is 5.91 Å². The van der Waals surface area contributed by atoms with Crippen LogP contribution in [-0.2, 0) is 28.9 Å². The number of rotatable bonds is 11. The Labute approximate surface area is 302 Å². The smallest absolute Gasteiger partial charge is 0.410 e. The van der Waals surface area contributed by atoms with Crippen LogP contribution in [-0.4, -0.2) is 87.5 Å². The monoisotopic (exact) mass is 698 g/mol. The molecule has 1 aliphatic rings. The number of carboxylic acid groups (broad SMARTS) is 1. The lowest BCUT2D eigenvalue weighted by Gasteiger charge is -2.46. The molecule has 0 aromatic heterocycles. The van der Waals surface area contributed by atoms with Crippen molar-refractivity contribution in [1.82, 2.24) is 14.7 Å². The molecule has 4 atom stereocenters. The normalized spacial score (nSPS) is 16.3. The molecule has 0 saturated heterocycles. The Balaban J connectivity index is 1.70. The highest BCUT2D eigenvalue weighted by Gasteiger charge is 2.45. The first-order valence-corrected chi connectivity index (χ1v) is 17.6. The zero-order valence-electron chi connectivity index (χ0n) is 31.3. The summed E-state index contributed by atoms with van der Waals surface area (Å²) in [5.41, 5.74) is 9.39. The van der Waals surface area contributed by atoms with Crippen molar-refractivity contribution in [3.63, 3.8) is 0 Å². The molecule has 0 radical (unpaired) electrons. The van der Waals surface area contributed by atoms with Crippen molar-refractivity contribution >= 4 is 23.9 Å². The molecule has 0 saturated carbocycles. The van der Waals surface area contributed by atoms with Crippen LogP contribution in [0.25, 0.3) is 0 Å². The van der Waals surface area contributed by atoms with Gasteiger partial charge in [-0.25, -0.2) is 9.59 Å². The molecule has 0 aliphatic carbocycles. The van der Waals surface area contributed by atoms with Gasteiger partial charge in [0.05, 0.1) is 17.5 Å². The van der Waals surface area contributed by atoms with Crippen molar-refractivity contribution in [2.75, 3.05) is 20.1 Å². The van der Waals surface area contributed by atoms with Crippen LogP contribution in [0.15, 0.2) is 78.9 Å². The molecule has 3 amide bonds. The lowest BCUT2D eigenvalue weighted by atomic mass is 9.73. The van der Waals surface area contributed by atoms with Gasteiger partial charge in [0.2, 0.25) is 5.91 Å². The van der Waals surface area contributed by atoms with E-state index >= 15 is 0 Å². The first kappa shape index (κ1) is 39.1. The minimum Gasteiger partial charge on any atom is -0.478 e. The predicted molar refractivity (Wildman–Crippen MR) is 198 cm³/mol. The number of nitrogens with two attached hydrogens (primary N) is 1. The van der Waals surface area contributed by atoms with E-state index < -0.39 is 41.1 Å². The van der Waals surface area contributed by atoms with Crippen LogP contribution >= 0.6 is 0 Å². The van der Waals surface area contributed by atoms with Crippen molar-refractivity contribution in [3.8, 4) is 0 Å². The first-order valence-electron chi connectivity index (χ1n) is 17.6. The number of ether oxygens (including phenoxy) is 1. The number of fused-ring (bicyclic) bond motifs is 1. The molecule has 1 aliphatic heterocycles. The van der Waals surface area contributed by atoms with Crippen molar-refractivity contribution < 1.29 is 29.0 Å². The summed E-state index contributed by atoms with van der Waals surface area (Å²) in [6.45, 7) is 14.2. The van der Waals surface area contributed by atoms with Gasteiger partial charge in [0.1, 0.15) is 5.60 Å². The van der Waals surface area contributed by atoms with Gasteiger partial charge in [0.15, 0.2) is 0 Å². The Morgan fingerprint density at radius 3 is 2.02 bits per heavy atom. The molecular formula is C41H54N4O6. The molecule has 3 N–H and O–H groups in total. The minimum absolute atomic E-state index is 0.0964. The third kappa shape index (κ3) is 9.97. The van der Waals surface area contributed by atoms with Gasteiger partial charge < -0.3 is 30.3 Å². The Morgan fingerprint density at radius 1 is 0.882 bits per heavy atom.